The molecule has 1 atom stereocenters. The van der Waals surface area contributed by atoms with Gasteiger partial charge < -0.3 is 24.8 Å². The minimum atomic E-state index is 0. The van der Waals surface area contributed by atoms with Crippen molar-refractivity contribution < 1.29 is 9.26 Å². The summed E-state index contributed by atoms with van der Waals surface area (Å²) in [6, 6.07) is 7.78. The summed E-state index contributed by atoms with van der Waals surface area (Å²) in [4.78, 5) is 11.3. The lowest BCUT2D eigenvalue weighted by Crippen LogP contribution is -2.49. The molecule has 1 aromatic heterocycles. The molecule has 170 valence electrons. The van der Waals surface area contributed by atoms with E-state index in [1.54, 1.807) is 7.05 Å². The van der Waals surface area contributed by atoms with E-state index in [4.69, 9.17) is 20.9 Å². The third-order valence-corrected chi connectivity index (χ3v) is 5.92. The number of rotatable bonds is 6. The second kappa shape index (κ2) is 12.0. The average molecular weight is 561 g/mol. The number of nitrogens with zero attached hydrogens (tertiary/aromatic N) is 4. The summed E-state index contributed by atoms with van der Waals surface area (Å²) in [6.45, 7) is 5.64. The number of hydrogen-bond donors (Lipinski definition) is 2. The molecule has 2 aliphatic heterocycles. The van der Waals surface area contributed by atoms with E-state index >= 15 is 0 Å². The zero-order valence-electron chi connectivity index (χ0n) is 17.7. The molecule has 10 heteroatoms. The van der Waals surface area contributed by atoms with Gasteiger partial charge in [-0.1, -0.05) is 16.8 Å². The molecule has 31 heavy (non-hydrogen) atoms. The Hall–Kier alpha value is -1.43. The van der Waals surface area contributed by atoms with Gasteiger partial charge in [0, 0.05) is 49.9 Å². The van der Waals surface area contributed by atoms with E-state index in [-0.39, 0.29) is 24.0 Å². The lowest BCUT2D eigenvalue weighted by Gasteiger charge is -2.34. The quantitative estimate of drug-likeness (QED) is 0.319. The maximum Gasteiger partial charge on any atom is 0.246 e. The molecule has 0 amide bonds. The van der Waals surface area contributed by atoms with Crippen molar-refractivity contribution in [1.82, 2.24) is 25.7 Å². The van der Waals surface area contributed by atoms with Crippen molar-refractivity contribution in [2.24, 2.45) is 10.9 Å². The van der Waals surface area contributed by atoms with E-state index in [0.29, 0.717) is 35.2 Å². The molecule has 0 aliphatic carbocycles. The van der Waals surface area contributed by atoms with Crippen LogP contribution in [0.2, 0.25) is 5.02 Å². The van der Waals surface area contributed by atoms with Gasteiger partial charge in [0.25, 0.3) is 0 Å². The third-order valence-electron chi connectivity index (χ3n) is 5.67. The first kappa shape index (κ1) is 24.2. The van der Waals surface area contributed by atoms with Crippen LogP contribution in [-0.2, 0) is 11.3 Å². The lowest BCUT2D eigenvalue weighted by molar-refractivity contribution is 0.150. The molecule has 2 aliphatic rings. The van der Waals surface area contributed by atoms with Crippen LogP contribution in [0.25, 0.3) is 11.4 Å². The second-order valence-electron chi connectivity index (χ2n) is 7.89. The van der Waals surface area contributed by atoms with Gasteiger partial charge in [-0.2, -0.15) is 4.98 Å². The van der Waals surface area contributed by atoms with Crippen LogP contribution in [0.4, 0.5) is 0 Å². The summed E-state index contributed by atoms with van der Waals surface area (Å²) >= 11 is 5.93. The number of aromatic nitrogens is 2. The van der Waals surface area contributed by atoms with E-state index in [0.717, 1.165) is 57.2 Å². The molecule has 1 unspecified atom stereocenters. The summed E-state index contributed by atoms with van der Waals surface area (Å²) in [5.41, 5.74) is 0.868. The van der Waals surface area contributed by atoms with E-state index < -0.39 is 0 Å². The van der Waals surface area contributed by atoms with Crippen molar-refractivity contribution in [1.29, 1.82) is 0 Å². The van der Waals surface area contributed by atoms with Crippen LogP contribution in [0, 0.1) is 5.92 Å². The summed E-state index contributed by atoms with van der Waals surface area (Å²) in [6.07, 6.45) is 3.41. The fraction of sp³-hybridized carbons (Fsp3) is 0.571. The van der Waals surface area contributed by atoms with Crippen LogP contribution >= 0.6 is 35.6 Å². The maximum absolute atomic E-state index is 5.93. The maximum atomic E-state index is 5.93. The summed E-state index contributed by atoms with van der Waals surface area (Å²) in [5, 5.41) is 11.5. The number of benzene rings is 1. The molecule has 0 spiro atoms. The van der Waals surface area contributed by atoms with Gasteiger partial charge in [-0.25, -0.2) is 0 Å². The predicted molar refractivity (Wildman–Crippen MR) is 132 cm³/mol. The van der Waals surface area contributed by atoms with Crippen molar-refractivity contribution in [3.8, 4) is 11.4 Å². The molecule has 0 saturated carbocycles. The number of ether oxygens (including phenoxy) is 1. The van der Waals surface area contributed by atoms with E-state index in [1.165, 1.54) is 6.42 Å². The predicted octanol–water partition coefficient (Wildman–Crippen LogP) is 3.17. The summed E-state index contributed by atoms with van der Waals surface area (Å²) in [7, 11) is 1.78. The molecule has 1 aromatic carbocycles. The van der Waals surface area contributed by atoms with Crippen LogP contribution in [0.3, 0.4) is 0 Å². The van der Waals surface area contributed by atoms with Crippen LogP contribution in [0.1, 0.15) is 25.2 Å². The first-order chi connectivity index (χ1) is 14.7. The zero-order chi connectivity index (χ0) is 20.8. The SMILES string of the molecule is CN=C(NCc1nc(-c2ccc(Cl)cc2)no1)NC1CCN(CC2CCOC2)CC1.I. The van der Waals surface area contributed by atoms with Gasteiger partial charge in [0.1, 0.15) is 0 Å². The third kappa shape index (κ3) is 7.03. The van der Waals surface area contributed by atoms with Gasteiger partial charge in [-0.05, 0) is 49.4 Å². The number of likely N-dealkylation sites (tertiary alicyclic amines) is 1. The number of nitrogens with one attached hydrogen (secondary N) is 2. The standard InChI is InChI=1S/C21H29ClN6O2.HI/c1-23-21(25-18-6-9-28(10-7-18)13-15-8-11-29-14-15)24-12-19-26-20(27-30-19)16-2-4-17(22)5-3-16;/h2-5,15,18H,6-14H2,1H3,(H2,23,24,25);1H. The van der Waals surface area contributed by atoms with Crippen molar-refractivity contribution in [2.75, 3.05) is 39.9 Å². The Morgan fingerprint density at radius 1 is 1.23 bits per heavy atom. The minimum absolute atomic E-state index is 0. The van der Waals surface area contributed by atoms with Gasteiger partial charge in [0.15, 0.2) is 5.96 Å². The van der Waals surface area contributed by atoms with Gasteiger partial charge in [-0.3, -0.25) is 4.99 Å². The van der Waals surface area contributed by atoms with E-state index in [1.807, 2.05) is 24.3 Å². The fourth-order valence-corrected chi connectivity index (χ4v) is 4.07. The normalized spacial score (nSPS) is 20.5. The van der Waals surface area contributed by atoms with Crippen molar-refractivity contribution in [3.05, 3.63) is 35.2 Å². The smallest absolute Gasteiger partial charge is 0.246 e. The number of hydrogen-bond acceptors (Lipinski definition) is 6. The van der Waals surface area contributed by atoms with Gasteiger partial charge in [0.2, 0.25) is 11.7 Å². The van der Waals surface area contributed by atoms with E-state index in [2.05, 4.69) is 30.7 Å². The summed E-state index contributed by atoms with van der Waals surface area (Å²) < 4.78 is 10.9. The monoisotopic (exact) mass is 560 g/mol. The Labute approximate surface area is 205 Å². The number of halogens is 2. The highest BCUT2D eigenvalue weighted by atomic mass is 127. The Morgan fingerprint density at radius 2 is 2.00 bits per heavy atom. The molecule has 4 rings (SSSR count). The Bertz CT molecular complexity index is 833. The molecule has 2 fully saturated rings. The van der Waals surface area contributed by atoms with Crippen LogP contribution in [0.5, 0.6) is 0 Å². The molecule has 3 heterocycles. The Balaban J connectivity index is 0.00000272. The first-order valence-corrected chi connectivity index (χ1v) is 10.9. The van der Waals surface area contributed by atoms with Crippen molar-refractivity contribution in [3.63, 3.8) is 0 Å². The van der Waals surface area contributed by atoms with Crippen LogP contribution in [-0.4, -0.2) is 66.9 Å². The molecular weight excluding hydrogens is 531 g/mol. The molecular formula is C21H30ClIN6O2. The Kier molecular flexibility index (Phi) is 9.36. The molecule has 2 N–H and O–H groups in total. The molecule has 2 saturated heterocycles. The van der Waals surface area contributed by atoms with E-state index in [9.17, 15) is 0 Å². The van der Waals surface area contributed by atoms with Crippen molar-refractivity contribution >= 4 is 41.5 Å². The fourth-order valence-electron chi connectivity index (χ4n) is 3.94. The van der Waals surface area contributed by atoms with Gasteiger partial charge >= 0.3 is 0 Å². The highest BCUT2D eigenvalue weighted by Gasteiger charge is 2.24. The lowest BCUT2D eigenvalue weighted by atomic mass is 10.0. The highest BCUT2D eigenvalue weighted by molar-refractivity contribution is 14.0. The second-order valence-corrected chi connectivity index (χ2v) is 8.33. The molecule has 0 bridgehead atoms. The van der Waals surface area contributed by atoms with Crippen LogP contribution in [0.15, 0.2) is 33.8 Å². The molecule has 0 radical (unpaired) electrons. The van der Waals surface area contributed by atoms with Gasteiger partial charge in [0.05, 0.1) is 13.2 Å². The average Bonchev–Trinajstić information content (AvgIpc) is 3.45. The first-order valence-electron chi connectivity index (χ1n) is 10.6. The minimum Gasteiger partial charge on any atom is -0.381 e. The topological polar surface area (TPSA) is 87.8 Å². The summed E-state index contributed by atoms with van der Waals surface area (Å²) in [5.74, 6) is 2.52. The van der Waals surface area contributed by atoms with Crippen LogP contribution < -0.4 is 10.6 Å². The number of piperidine rings is 1. The zero-order valence-corrected chi connectivity index (χ0v) is 20.8. The number of guanidine groups is 1. The Morgan fingerprint density at radius 3 is 2.68 bits per heavy atom. The highest BCUT2D eigenvalue weighted by Crippen LogP contribution is 2.19. The largest absolute Gasteiger partial charge is 0.381 e. The van der Waals surface area contributed by atoms with Gasteiger partial charge in [-0.15, -0.1) is 24.0 Å². The van der Waals surface area contributed by atoms with Crippen molar-refractivity contribution in [2.45, 2.75) is 31.8 Å². The molecule has 2 aromatic rings. The molecule has 8 nitrogen and oxygen atoms in total. The number of aliphatic imine (C=N–C) groups is 1.